The third kappa shape index (κ3) is 8.06. The van der Waals surface area contributed by atoms with E-state index in [1.807, 2.05) is 53.6 Å². The summed E-state index contributed by atoms with van der Waals surface area (Å²) in [5.74, 6) is -3.21. The predicted octanol–water partition coefficient (Wildman–Crippen LogP) is 2.85. The molecule has 48 heavy (non-hydrogen) atoms. The third-order valence-electron chi connectivity index (χ3n) is 11.1. The van der Waals surface area contributed by atoms with E-state index in [2.05, 4.69) is 4.98 Å². The molecule has 4 rings (SSSR count). The fraction of sp³-hybridized carbons (Fsp3) is 0.806. The number of cyclic esters (lactones) is 1. The Labute approximate surface area is 286 Å². The Morgan fingerprint density at radius 2 is 1.83 bits per heavy atom. The fourth-order valence-electron chi connectivity index (χ4n) is 8.32. The normalized spacial score (nSPS) is 44.3. The first kappa shape index (κ1) is 38.6. The van der Waals surface area contributed by atoms with Crippen molar-refractivity contribution >= 4 is 11.9 Å². The van der Waals surface area contributed by atoms with Crippen molar-refractivity contribution in [2.24, 2.45) is 29.4 Å². The summed E-state index contributed by atoms with van der Waals surface area (Å²) < 4.78 is 31.8. The van der Waals surface area contributed by atoms with Gasteiger partial charge in [-0.15, -0.1) is 0 Å². The van der Waals surface area contributed by atoms with E-state index in [9.17, 15) is 19.8 Å². The summed E-state index contributed by atoms with van der Waals surface area (Å²) in [6, 6.07) is 4.56. The average Bonchev–Trinajstić information content (AvgIpc) is 3.26. The molecule has 12 heteroatoms. The van der Waals surface area contributed by atoms with E-state index in [4.69, 9.17) is 29.4 Å². The number of carbonyl (C=O) groups excluding carboxylic acids is 2. The van der Waals surface area contributed by atoms with Gasteiger partial charge in [-0.3, -0.25) is 14.6 Å². The van der Waals surface area contributed by atoms with Gasteiger partial charge in [0.05, 0.1) is 41.9 Å². The molecule has 4 N–H and O–H groups in total. The fourth-order valence-corrected chi connectivity index (χ4v) is 8.32. The minimum absolute atomic E-state index is 0.101. The van der Waals surface area contributed by atoms with Crippen LogP contribution in [0.25, 0.3) is 0 Å². The number of aliphatic hydroxyl groups excluding tert-OH is 1. The molecule has 4 heterocycles. The van der Waals surface area contributed by atoms with Crippen LogP contribution in [0.4, 0.5) is 0 Å². The van der Waals surface area contributed by atoms with Gasteiger partial charge >= 0.3 is 11.9 Å². The monoisotopic (exact) mass is 677 g/mol. The van der Waals surface area contributed by atoms with E-state index in [0.29, 0.717) is 18.5 Å². The third-order valence-corrected chi connectivity index (χ3v) is 11.1. The number of nitrogens with zero attached hydrogens (tertiary/aromatic N) is 2. The number of esters is 2. The van der Waals surface area contributed by atoms with Gasteiger partial charge in [0.15, 0.2) is 6.29 Å². The highest BCUT2D eigenvalue weighted by Gasteiger charge is 2.57. The Balaban J connectivity index is 1.78. The van der Waals surface area contributed by atoms with Crippen LogP contribution >= 0.6 is 0 Å². The zero-order valence-electron chi connectivity index (χ0n) is 30.4. The lowest BCUT2D eigenvalue weighted by molar-refractivity contribution is -0.299. The van der Waals surface area contributed by atoms with E-state index in [0.717, 1.165) is 0 Å². The maximum atomic E-state index is 14.0. The Hall–Kier alpha value is -2.19. The van der Waals surface area contributed by atoms with Crippen molar-refractivity contribution in [1.82, 2.24) is 9.88 Å². The van der Waals surface area contributed by atoms with E-state index < -0.39 is 71.7 Å². The van der Waals surface area contributed by atoms with Crippen LogP contribution in [0.1, 0.15) is 80.3 Å². The Kier molecular flexibility index (Phi) is 12.4. The largest absolute Gasteiger partial charge is 0.461 e. The Bertz CT molecular complexity index is 1230. The first-order valence-electron chi connectivity index (χ1n) is 17.5. The molecule has 0 amide bonds. The molecule has 12 nitrogen and oxygen atoms in total. The van der Waals surface area contributed by atoms with Crippen molar-refractivity contribution in [2.75, 3.05) is 14.1 Å². The topological polar surface area (TPSA) is 163 Å². The lowest BCUT2D eigenvalue weighted by Crippen LogP contribution is -2.59. The molecule has 15 atom stereocenters. The summed E-state index contributed by atoms with van der Waals surface area (Å²) in [4.78, 5) is 33.7. The quantitative estimate of drug-likeness (QED) is 0.363. The van der Waals surface area contributed by atoms with Crippen LogP contribution in [0.15, 0.2) is 24.4 Å². The maximum absolute atomic E-state index is 14.0. The summed E-state index contributed by atoms with van der Waals surface area (Å²) >= 11 is 0. The molecular formula is C36H59N3O9. The van der Waals surface area contributed by atoms with Gasteiger partial charge in [0.2, 0.25) is 0 Å². The van der Waals surface area contributed by atoms with Crippen LogP contribution in [0.5, 0.6) is 0 Å². The second-order valence-electron chi connectivity index (χ2n) is 15.3. The van der Waals surface area contributed by atoms with Crippen molar-refractivity contribution in [1.29, 1.82) is 0 Å². The smallest absolute Gasteiger partial charge is 0.312 e. The van der Waals surface area contributed by atoms with Crippen LogP contribution in [-0.2, 0) is 39.7 Å². The number of hydrogen-bond acceptors (Lipinski definition) is 12. The molecule has 0 saturated carbocycles. The van der Waals surface area contributed by atoms with Gasteiger partial charge in [0.1, 0.15) is 23.9 Å². The summed E-state index contributed by atoms with van der Waals surface area (Å²) in [6.45, 7) is 14.9. The molecule has 3 saturated heterocycles. The van der Waals surface area contributed by atoms with Crippen molar-refractivity contribution < 1.29 is 43.5 Å². The standard InChI is InChI=1S/C36H59N3O9/c1-11-26-36(8)31(37)21(4)29(48-36)19(2)18-35(7,43)32(47-34-28(41)25(39(9)10)16-20(3)44-34)22(5)30(23(6)33(42)45-26)46-27(40)17-24-14-12-13-15-38-24/h12-15,19-23,25-26,28-32,34,41,43H,11,16-18,37H2,1-10H3/t19-,20-,21-,22+,23-,25+,26+,28-,29-,30+,31+,32-,34?,35-,36?/m1/s1. The van der Waals surface area contributed by atoms with Crippen molar-refractivity contribution in [3.63, 3.8) is 0 Å². The second-order valence-corrected chi connectivity index (χ2v) is 15.3. The number of likely N-dealkylation sites (N-methyl/N-ethyl adjacent to an activating group) is 1. The number of fused-ring (bicyclic) bond motifs is 2. The molecule has 3 aliphatic rings. The zero-order chi connectivity index (χ0) is 35.7. The minimum Gasteiger partial charge on any atom is -0.461 e. The SMILES string of the molecule is CC[C@@H]1OC(=O)[C@H](C)[C@@H](OC(=O)Cc2ccccn2)[C@H](C)[C@@H](OC2O[C@H](C)C[C@H](N(C)C)[C@H]2O)[C@](C)(O)C[C@@H](C)[C@H]2OC1(C)[C@@H](N)[C@@H]2C. The van der Waals surface area contributed by atoms with E-state index in [1.165, 1.54) is 0 Å². The second kappa shape index (κ2) is 15.4. The minimum atomic E-state index is -1.56. The van der Waals surface area contributed by atoms with Gasteiger partial charge < -0.3 is 44.5 Å². The van der Waals surface area contributed by atoms with Crippen molar-refractivity contribution in [3.05, 3.63) is 30.1 Å². The molecule has 0 radical (unpaired) electrons. The van der Waals surface area contributed by atoms with Gasteiger partial charge in [0, 0.05) is 30.1 Å². The van der Waals surface area contributed by atoms with E-state index in [1.54, 1.807) is 45.2 Å². The van der Waals surface area contributed by atoms with Crippen molar-refractivity contribution in [2.45, 2.75) is 147 Å². The summed E-state index contributed by atoms with van der Waals surface area (Å²) in [5, 5.41) is 23.9. The van der Waals surface area contributed by atoms with Crippen molar-refractivity contribution in [3.8, 4) is 0 Å². The number of hydrogen-bond donors (Lipinski definition) is 3. The number of rotatable bonds is 7. The molecule has 3 aliphatic heterocycles. The van der Waals surface area contributed by atoms with Gasteiger partial charge in [-0.05, 0) is 79.1 Å². The molecule has 2 bridgehead atoms. The highest BCUT2D eigenvalue weighted by molar-refractivity contribution is 5.75. The van der Waals surface area contributed by atoms with Gasteiger partial charge in [0.25, 0.3) is 0 Å². The molecule has 1 aromatic heterocycles. The van der Waals surface area contributed by atoms with Crippen LogP contribution in [0.2, 0.25) is 0 Å². The lowest BCUT2D eigenvalue weighted by atomic mass is 9.75. The van der Waals surface area contributed by atoms with Gasteiger partial charge in [-0.25, -0.2) is 0 Å². The van der Waals surface area contributed by atoms with Crippen LogP contribution < -0.4 is 5.73 Å². The highest BCUT2D eigenvalue weighted by Crippen LogP contribution is 2.45. The predicted molar refractivity (Wildman–Crippen MR) is 178 cm³/mol. The first-order chi connectivity index (χ1) is 22.4. The molecule has 0 spiro atoms. The lowest BCUT2D eigenvalue weighted by Gasteiger charge is -2.47. The number of aromatic nitrogens is 1. The van der Waals surface area contributed by atoms with Gasteiger partial charge in [-0.2, -0.15) is 0 Å². The molecule has 3 fully saturated rings. The Morgan fingerprint density at radius 3 is 2.44 bits per heavy atom. The zero-order valence-corrected chi connectivity index (χ0v) is 30.4. The average molecular weight is 678 g/mol. The number of pyridine rings is 1. The van der Waals surface area contributed by atoms with E-state index in [-0.39, 0.29) is 42.9 Å². The molecule has 0 aromatic carbocycles. The first-order valence-corrected chi connectivity index (χ1v) is 17.5. The summed E-state index contributed by atoms with van der Waals surface area (Å²) in [5.41, 5.74) is 4.78. The molecule has 1 aromatic rings. The number of nitrogens with two attached hydrogens (primary N) is 1. The van der Waals surface area contributed by atoms with E-state index >= 15 is 0 Å². The maximum Gasteiger partial charge on any atom is 0.312 e. The van der Waals surface area contributed by atoms with Crippen LogP contribution in [0, 0.1) is 23.7 Å². The summed E-state index contributed by atoms with van der Waals surface area (Å²) in [6.07, 6.45) is -2.76. The summed E-state index contributed by atoms with van der Waals surface area (Å²) in [7, 11) is 3.77. The number of aliphatic hydroxyl groups is 2. The number of carbonyl (C=O) groups is 2. The molecular weight excluding hydrogens is 618 g/mol. The molecule has 0 aliphatic carbocycles. The van der Waals surface area contributed by atoms with Gasteiger partial charge in [-0.1, -0.05) is 33.8 Å². The van der Waals surface area contributed by atoms with Crippen LogP contribution in [-0.4, -0.2) is 112 Å². The number of ether oxygens (including phenoxy) is 5. The molecule has 272 valence electrons. The van der Waals surface area contributed by atoms with Crippen LogP contribution in [0.3, 0.4) is 0 Å². The molecule has 2 unspecified atom stereocenters. The Morgan fingerprint density at radius 1 is 1.15 bits per heavy atom. The highest BCUT2D eigenvalue weighted by atomic mass is 16.7.